The van der Waals surface area contributed by atoms with E-state index in [1.165, 1.54) is 0 Å². The van der Waals surface area contributed by atoms with Gasteiger partial charge in [0.2, 0.25) is 0 Å². The maximum atomic E-state index is 10.4. The molecule has 14 heavy (non-hydrogen) atoms. The van der Waals surface area contributed by atoms with Gasteiger partial charge in [0.1, 0.15) is 4.32 Å². The highest BCUT2D eigenvalue weighted by atomic mass is 32.2. The van der Waals surface area contributed by atoms with Gasteiger partial charge in [0.25, 0.3) is 0 Å². The summed E-state index contributed by atoms with van der Waals surface area (Å²) in [6, 6.07) is 0. The molecule has 1 N–H and O–H groups in total. The zero-order valence-electron chi connectivity index (χ0n) is 8.10. The van der Waals surface area contributed by atoms with Crippen LogP contribution >= 0.6 is 24.0 Å². The van der Waals surface area contributed by atoms with Crippen molar-refractivity contribution in [3.05, 3.63) is 0 Å². The average molecular weight is 234 g/mol. The minimum atomic E-state index is -0.744. The third-order valence-electron chi connectivity index (χ3n) is 2.02. The SMILES string of the molecule is CCN1CN(CCC(=O)O)CSC1=S. The molecule has 4 nitrogen and oxygen atoms in total. The second-order valence-electron chi connectivity index (χ2n) is 3.07. The highest BCUT2D eigenvalue weighted by Crippen LogP contribution is 2.18. The van der Waals surface area contributed by atoms with Gasteiger partial charge in [-0.05, 0) is 6.92 Å². The third kappa shape index (κ3) is 3.43. The van der Waals surface area contributed by atoms with Gasteiger partial charge in [-0.25, -0.2) is 0 Å². The van der Waals surface area contributed by atoms with Crippen LogP contribution in [0.25, 0.3) is 0 Å². The largest absolute Gasteiger partial charge is 0.481 e. The highest BCUT2D eigenvalue weighted by molar-refractivity contribution is 8.22. The van der Waals surface area contributed by atoms with E-state index in [9.17, 15) is 4.79 Å². The Balaban J connectivity index is 2.34. The Hall–Kier alpha value is -0.330. The molecule has 0 unspecified atom stereocenters. The van der Waals surface area contributed by atoms with Crippen molar-refractivity contribution in [1.29, 1.82) is 0 Å². The molecular formula is C8H14N2O2S2. The summed E-state index contributed by atoms with van der Waals surface area (Å²) in [4.78, 5) is 14.6. The summed E-state index contributed by atoms with van der Waals surface area (Å²) < 4.78 is 0.916. The summed E-state index contributed by atoms with van der Waals surface area (Å²) in [6.45, 7) is 4.29. The fraction of sp³-hybridized carbons (Fsp3) is 0.750. The molecule has 1 fully saturated rings. The molecule has 0 radical (unpaired) electrons. The van der Waals surface area contributed by atoms with Gasteiger partial charge in [-0.2, -0.15) is 0 Å². The molecule has 0 aromatic rings. The number of aliphatic carboxylic acids is 1. The van der Waals surface area contributed by atoms with Crippen LogP contribution in [0.3, 0.4) is 0 Å². The van der Waals surface area contributed by atoms with Crippen LogP contribution in [0.1, 0.15) is 13.3 Å². The van der Waals surface area contributed by atoms with Crippen molar-refractivity contribution in [2.45, 2.75) is 13.3 Å². The van der Waals surface area contributed by atoms with Gasteiger partial charge in [-0.15, -0.1) is 0 Å². The Labute approximate surface area is 93.2 Å². The first-order valence-corrected chi connectivity index (χ1v) is 5.88. The van der Waals surface area contributed by atoms with Gasteiger partial charge >= 0.3 is 5.97 Å². The molecule has 0 aromatic carbocycles. The monoisotopic (exact) mass is 234 g/mol. The lowest BCUT2D eigenvalue weighted by Crippen LogP contribution is -2.45. The maximum absolute atomic E-state index is 10.4. The van der Waals surface area contributed by atoms with E-state index in [1.807, 2.05) is 6.92 Å². The summed E-state index contributed by atoms with van der Waals surface area (Å²) in [7, 11) is 0. The predicted molar refractivity (Wildman–Crippen MR) is 61.3 cm³/mol. The second kappa shape index (κ2) is 5.53. The fourth-order valence-corrected chi connectivity index (χ4v) is 2.41. The first-order valence-electron chi connectivity index (χ1n) is 4.49. The standard InChI is InChI=1S/C8H14N2O2S2/c1-2-10-5-9(4-3-7(11)12)6-14-8(10)13/h2-6H2,1H3,(H,11,12). The van der Waals surface area contributed by atoms with Crippen molar-refractivity contribution >= 4 is 34.3 Å². The first-order chi connectivity index (χ1) is 6.63. The smallest absolute Gasteiger partial charge is 0.304 e. The predicted octanol–water partition coefficient (Wildman–Crippen LogP) is 1.03. The number of nitrogens with zero attached hydrogens (tertiary/aromatic N) is 2. The molecule has 6 heteroatoms. The van der Waals surface area contributed by atoms with Gasteiger partial charge < -0.3 is 10.0 Å². The van der Waals surface area contributed by atoms with E-state index in [1.54, 1.807) is 11.8 Å². The lowest BCUT2D eigenvalue weighted by atomic mass is 10.4. The molecule has 1 rings (SSSR count). The van der Waals surface area contributed by atoms with Gasteiger partial charge in [0.05, 0.1) is 19.0 Å². The molecule has 0 bridgehead atoms. The quantitative estimate of drug-likeness (QED) is 0.733. The van der Waals surface area contributed by atoms with Crippen LogP contribution in [0.4, 0.5) is 0 Å². The van der Waals surface area contributed by atoms with E-state index in [0.717, 1.165) is 23.4 Å². The molecule has 1 heterocycles. The van der Waals surface area contributed by atoms with Crippen LogP contribution in [0, 0.1) is 0 Å². The number of thiocarbonyl (C=S) groups is 1. The van der Waals surface area contributed by atoms with E-state index in [2.05, 4.69) is 9.80 Å². The van der Waals surface area contributed by atoms with Crippen molar-refractivity contribution in [2.75, 3.05) is 25.6 Å². The van der Waals surface area contributed by atoms with E-state index in [0.29, 0.717) is 6.54 Å². The lowest BCUT2D eigenvalue weighted by Gasteiger charge is -2.35. The van der Waals surface area contributed by atoms with Crippen LogP contribution in [-0.2, 0) is 4.79 Å². The van der Waals surface area contributed by atoms with E-state index in [-0.39, 0.29) is 6.42 Å². The summed E-state index contributed by atoms with van der Waals surface area (Å²) in [5.41, 5.74) is 0. The molecule has 80 valence electrons. The third-order valence-corrected chi connectivity index (χ3v) is 3.63. The normalized spacial score (nSPS) is 18.6. The van der Waals surface area contributed by atoms with Gasteiger partial charge in [-0.3, -0.25) is 9.69 Å². The molecule has 0 spiro atoms. The molecule has 1 aliphatic heterocycles. The van der Waals surface area contributed by atoms with Crippen LogP contribution in [0.5, 0.6) is 0 Å². The fourth-order valence-electron chi connectivity index (χ4n) is 1.20. The summed E-state index contributed by atoms with van der Waals surface area (Å²) in [5.74, 6) is 0.0639. The number of carboxylic acids is 1. The Morgan fingerprint density at radius 3 is 3.00 bits per heavy atom. The Bertz CT molecular complexity index is 235. The number of carboxylic acid groups (broad SMARTS) is 1. The van der Waals surface area contributed by atoms with Crippen molar-refractivity contribution in [3.8, 4) is 0 Å². The minimum absolute atomic E-state index is 0.199. The first kappa shape index (κ1) is 11.7. The maximum Gasteiger partial charge on any atom is 0.304 e. The van der Waals surface area contributed by atoms with Crippen LogP contribution in [-0.4, -0.2) is 50.8 Å². The minimum Gasteiger partial charge on any atom is -0.481 e. The molecule has 0 saturated carbocycles. The molecular weight excluding hydrogens is 220 g/mol. The summed E-state index contributed by atoms with van der Waals surface area (Å²) >= 11 is 6.76. The molecule has 0 aromatic heterocycles. The zero-order valence-corrected chi connectivity index (χ0v) is 9.73. The van der Waals surface area contributed by atoms with E-state index in [4.69, 9.17) is 17.3 Å². The topological polar surface area (TPSA) is 43.8 Å². The van der Waals surface area contributed by atoms with Gasteiger partial charge in [0.15, 0.2) is 0 Å². The Kier molecular flexibility index (Phi) is 4.64. The van der Waals surface area contributed by atoms with Crippen molar-refractivity contribution in [2.24, 2.45) is 0 Å². The molecule has 1 aliphatic rings. The number of hydrogen-bond donors (Lipinski definition) is 1. The zero-order chi connectivity index (χ0) is 10.6. The highest BCUT2D eigenvalue weighted by Gasteiger charge is 2.20. The van der Waals surface area contributed by atoms with Crippen molar-refractivity contribution < 1.29 is 9.90 Å². The van der Waals surface area contributed by atoms with Crippen molar-refractivity contribution in [1.82, 2.24) is 9.80 Å². The number of hydrogen-bond acceptors (Lipinski definition) is 4. The molecule has 0 aliphatic carbocycles. The van der Waals surface area contributed by atoms with Crippen molar-refractivity contribution in [3.63, 3.8) is 0 Å². The summed E-state index contributed by atoms with van der Waals surface area (Å²) in [5, 5.41) is 8.55. The number of rotatable bonds is 4. The Morgan fingerprint density at radius 2 is 2.43 bits per heavy atom. The Morgan fingerprint density at radius 1 is 1.71 bits per heavy atom. The lowest BCUT2D eigenvalue weighted by molar-refractivity contribution is -0.137. The van der Waals surface area contributed by atoms with Crippen LogP contribution in [0.15, 0.2) is 0 Å². The van der Waals surface area contributed by atoms with E-state index >= 15 is 0 Å². The number of thioether (sulfide) groups is 1. The molecule has 0 amide bonds. The average Bonchev–Trinajstić information content (AvgIpc) is 2.16. The number of carbonyl (C=O) groups is 1. The van der Waals surface area contributed by atoms with Gasteiger partial charge in [-0.1, -0.05) is 24.0 Å². The second-order valence-corrected chi connectivity index (χ2v) is 4.65. The van der Waals surface area contributed by atoms with Gasteiger partial charge in [0, 0.05) is 13.1 Å². The summed E-state index contributed by atoms with van der Waals surface area (Å²) in [6.07, 6.45) is 0.199. The molecule has 0 atom stereocenters. The molecule has 1 saturated heterocycles. The van der Waals surface area contributed by atoms with E-state index < -0.39 is 5.97 Å². The van der Waals surface area contributed by atoms with Crippen LogP contribution in [0.2, 0.25) is 0 Å². The van der Waals surface area contributed by atoms with Crippen LogP contribution < -0.4 is 0 Å².